The summed E-state index contributed by atoms with van der Waals surface area (Å²) in [6, 6.07) is 15.0. The van der Waals surface area contributed by atoms with Crippen molar-refractivity contribution in [1.82, 2.24) is 5.32 Å². The lowest BCUT2D eigenvalue weighted by Gasteiger charge is -2.16. The second-order valence-corrected chi connectivity index (χ2v) is 7.37. The smallest absolute Gasteiger partial charge is 0.408 e. The fourth-order valence-corrected chi connectivity index (χ4v) is 3.49. The van der Waals surface area contributed by atoms with Crippen molar-refractivity contribution in [3.63, 3.8) is 0 Å². The van der Waals surface area contributed by atoms with Gasteiger partial charge in [0.15, 0.2) is 0 Å². The Morgan fingerprint density at radius 3 is 2.32 bits per heavy atom. The Balaban J connectivity index is 1.88. The van der Waals surface area contributed by atoms with E-state index in [9.17, 15) is 13.8 Å². The number of methoxy groups -OCH3 is 2. The Morgan fingerprint density at radius 2 is 1.71 bits per heavy atom. The van der Waals surface area contributed by atoms with Crippen LogP contribution in [0.15, 0.2) is 59.5 Å². The van der Waals surface area contributed by atoms with E-state index in [-0.39, 0.29) is 18.8 Å². The first-order chi connectivity index (χ1) is 13.5. The van der Waals surface area contributed by atoms with Gasteiger partial charge < -0.3 is 19.5 Å². The summed E-state index contributed by atoms with van der Waals surface area (Å²) >= 11 is 0. The Kier molecular flexibility index (Phi) is 8.48. The third-order valence-electron chi connectivity index (χ3n) is 3.90. The van der Waals surface area contributed by atoms with Crippen LogP contribution in [0.1, 0.15) is 12.0 Å². The molecule has 8 heteroatoms. The molecular weight excluding hydrogens is 382 g/mol. The Morgan fingerprint density at radius 1 is 1.04 bits per heavy atom. The summed E-state index contributed by atoms with van der Waals surface area (Å²) in [4.78, 5) is 24.6. The second-order valence-electron chi connectivity index (χ2n) is 5.80. The number of benzene rings is 2. The summed E-state index contributed by atoms with van der Waals surface area (Å²) in [6.45, 7) is 0.0817. The molecule has 0 radical (unpaired) electrons. The summed E-state index contributed by atoms with van der Waals surface area (Å²) in [6.07, 6.45) is -0.597. The Bertz CT molecular complexity index is 794. The lowest BCUT2D eigenvalue weighted by Crippen LogP contribution is -2.42. The van der Waals surface area contributed by atoms with Crippen LogP contribution >= 0.6 is 0 Å². The van der Waals surface area contributed by atoms with Gasteiger partial charge in [-0.2, -0.15) is 0 Å². The Labute approximate surface area is 166 Å². The quantitative estimate of drug-likeness (QED) is 0.645. The first kappa shape index (κ1) is 21.4. The van der Waals surface area contributed by atoms with Crippen molar-refractivity contribution < 1.29 is 28.0 Å². The number of amides is 1. The van der Waals surface area contributed by atoms with Gasteiger partial charge in [0.05, 0.1) is 25.0 Å². The van der Waals surface area contributed by atoms with E-state index in [0.717, 1.165) is 5.56 Å². The van der Waals surface area contributed by atoms with Gasteiger partial charge in [-0.3, -0.25) is 4.21 Å². The molecule has 1 amide bonds. The minimum absolute atomic E-state index is 0.0817. The largest absolute Gasteiger partial charge is 0.497 e. The van der Waals surface area contributed by atoms with Crippen LogP contribution in [-0.2, 0) is 31.7 Å². The van der Waals surface area contributed by atoms with Crippen molar-refractivity contribution >= 4 is 22.9 Å². The van der Waals surface area contributed by atoms with E-state index in [4.69, 9.17) is 14.2 Å². The fraction of sp³-hybridized carbons (Fsp3) is 0.300. The second kappa shape index (κ2) is 11.1. The predicted molar refractivity (Wildman–Crippen MR) is 104 cm³/mol. The van der Waals surface area contributed by atoms with Gasteiger partial charge in [-0.15, -0.1) is 0 Å². The average molecular weight is 405 g/mol. The maximum atomic E-state index is 12.4. The number of hydrogen-bond acceptors (Lipinski definition) is 6. The van der Waals surface area contributed by atoms with Crippen LogP contribution in [0.5, 0.6) is 5.75 Å². The van der Waals surface area contributed by atoms with Gasteiger partial charge in [0.2, 0.25) is 0 Å². The first-order valence-electron chi connectivity index (χ1n) is 8.61. The van der Waals surface area contributed by atoms with Crippen LogP contribution in [0, 0.1) is 0 Å². The number of hydrogen-bond donors (Lipinski definition) is 1. The van der Waals surface area contributed by atoms with Gasteiger partial charge in [-0.05, 0) is 36.2 Å². The molecule has 2 rings (SSSR count). The highest BCUT2D eigenvalue weighted by molar-refractivity contribution is 7.85. The van der Waals surface area contributed by atoms with Gasteiger partial charge in [-0.25, -0.2) is 9.59 Å². The normalized spacial score (nSPS) is 12.5. The molecule has 0 saturated carbocycles. The number of ether oxygens (including phenoxy) is 3. The first-order valence-corrected chi connectivity index (χ1v) is 9.93. The van der Waals surface area contributed by atoms with Crippen molar-refractivity contribution in [3.8, 4) is 5.75 Å². The number of alkyl carbamates (subject to hydrolysis) is 1. The number of carbonyl (C=O) groups is 2. The molecule has 0 aliphatic heterocycles. The molecule has 0 heterocycles. The molecule has 7 nitrogen and oxygen atoms in total. The molecule has 1 N–H and O–H groups in total. The highest BCUT2D eigenvalue weighted by Crippen LogP contribution is 2.15. The predicted octanol–water partition coefficient (Wildman–Crippen LogP) is 2.66. The fourth-order valence-electron chi connectivity index (χ4n) is 2.37. The molecule has 1 unspecified atom stereocenters. The van der Waals surface area contributed by atoms with Crippen molar-refractivity contribution in [2.24, 2.45) is 0 Å². The molecule has 0 saturated heterocycles. The van der Waals surface area contributed by atoms with Gasteiger partial charge >= 0.3 is 12.1 Å². The summed E-state index contributed by atoms with van der Waals surface area (Å²) in [5, 5.41) is 2.47. The average Bonchev–Trinajstić information content (AvgIpc) is 2.75. The van der Waals surface area contributed by atoms with E-state index in [1.165, 1.54) is 7.11 Å². The molecule has 2 aromatic rings. The molecule has 0 aromatic heterocycles. The third kappa shape index (κ3) is 6.70. The van der Waals surface area contributed by atoms with Crippen LogP contribution in [-0.4, -0.2) is 42.3 Å². The minimum atomic E-state index is -1.34. The van der Waals surface area contributed by atoms with Crippen molar-refractivity contribution in [2.45, 2.75) is 24.0 Å². The highest BCUT2D eigenvalue weighted by atomic mass is 32.2. The number of carbonyl (C=O) groups excluding carboxylic acids is 2. The zero-order chi connectivity index (χ0) is 20.4. The van der Waals surface area contributed by atoms with E-state index in [1.54, 1.807) is 31.4 Å². The lowest BCUT2D eigenvalue weighted by atomic mass is 10.2. The number of esters is 1. The van der Waals surface area contributed by atoms with Crippen LogP contribution in [0.2, 0.25) is 0 Å². The zero-order valence-electron chi connectivity index (χ0n) is 15.8. The number of rotatable bonds is 9. The van der Waals surface area contributed by atoms with E-state index in [1.807, 2.05) is 30.3 Å². The van der Waals surface area contributed by atoms with Gasteiger partial charge in [0, 0.05) is 10.6 Å². The van der Waals surface area contributed by atoms with Crippen molar-refractivity contribution in [1.29, 1.82) is 0 Å². The summed E-state index contributed by atoms with van der Waals surface area (Å²) in [5.74, 6) is 0.213. The van der Waals surface area contributed by atoms with Gasteiger partial charge in [0.25, 0.3) is 0 Å². The van der Waals surface area contributed by atoms with Crippen LogP contribution in [0.25, 0.3) is 0 Å². The van der Waals surface area contributed by atoms with Gasteiger partial charge in [0.1, 0.15) is 18.4 Å². The molecule has 0 aliphatic carbocycles. The molecule has 0 spiro atoms. The molecular formula is C20H23NO6S. The topological polar surface area (TPSA) is 90.9 Å². The molecule has 2 atom stereocenters. The van der Waals surface area contributed by atoms with E-state index in [2.05, 4.69) is 5.32 Å². The third-order valence-corrected chi connectivity index (χ3v) is 5.31. The van der Waals surface area contributed by atoms with E-state index in [0.29, 0.717) is 10.6 Å². The minimum Gasteiger partial charge on any atom is -0.497 e. The van der Waals surface area contributed by atoms with E-state index < -0.39 is 28.9 Å². The molecule has 150 valence electrons. The highest BCUT2D eigenvalue weighted by Gasteiger charge is 2.23. The van der Waals surface area contributed by atoms with Crippen LogP contribution < -0.4 is 10.1 Å². The zero-order valence-corrected chi connectivity index (χ0v) is 16.6. The summed E-state index contributed by atoms with van der Waals surface area (Å²) < 4.78 is 27.3. The summed E-state index contributed by atoms with van der Waals surface area (Å²) in [5.41, 5.74) is 0.827. The monoisotopic (exact) mass is 405 g/mol. The Hall–Kier alpha value is -2.87. The SMILES string of the molecule is COC(=O)[C@H](CCS(=O)c1ccc(OC)cc1)NC(=O)OCc1ccccc1. The van der Waals surface area contributed by atoms with Crippen LogP contribution in [0.4, 0.5) is 4.79 Å². The molecule has 0 bridgehead atoms. The lowest BCUT2D eigenvalue weighted by molar-refractivity contribution is -0.143. The van der Waals surface area contributed by atoms with Crippen LogP contribution in [0.3, 0.4) is 0 Å². The molecule has 0 fully saturated rings. The molecule has 2 aromatic carbocycles. The van der Waals surface area contributed by atoms with Crippen molar-refractivity contribution in [2.75, 3.05) is 20.0 Å². The standard InChI is InChI=1S/C20H23NO6S/c1-25-16-8-10-17(11-9-16)28(24)13-12-18(19(22)26-2)21-20(23)27-14-15-6-4-3-5-7-15/h3-11,18H,12-14H2,1-2H3,(H,21,23)/t18-,28?/m0/s1. The van der Waals surface area contributed by atoms with Gasteiger partial charge in [-0.1, -0.05) is 30.3 Å². The summed E-state index contributed by atoms with van der Waals surface area (Å²) in [7, 11) is 1.44. The number of nitrogens with one attached hydrogen (secondary N) is 1. The molecule has 0 aliphatic rings. The maximum absolute atomic E-state index is 12.4. The van der Waals surface area contributed by atoms with E-state index >= 15 is 0 Å². The maximum Gasteiger partial charge on any atom is 0.408 e. The van der Waals surface area contributed by atoms with Crippen molar-refractivity contribution in [3.05, 3.63) is 60.2 Å². The molecule has 28 heavy (non-hydrogen) atoms.